The number of hydrogen-bond acceptors (Lipinski definition) is 5. The molecule has 0 unspecified atom stereocenters. The van der Waals surface area contributed by atoms with E-state index in [9.17, 15) is 4.79 Å². The quantitative estimate of drug-likeness (QED) is 0.493. The molecule has 0 radical (unpaired) electrons. The van der Waals surface area contributed by atoms with Crippen LogP contribution in [0, 0.1) is 11.3 Å². The highest BCUT2D eigenvalue weighted by molar-refractivity contribution is 6.46. The molecule has 1 aromatic heterocycles. The molecule has 0 aliphatic carbocycles. The average molecular weight is 369 g/mol. The van der Waals surface area contributed by atoms with E-state index >= 15 is 0 Å². The Labute approximate surface area is 146 Å². The van der Waals surface area contributed by atoms with Gasteiger partial charge in [0.15, 0.2) is 10.8 Å². The molecular formula is C14H8Cl3N5O. The standard InChI is InChI=1S/C14H8Cl3N5O/c15-9-11(19)10(16)13(17)21-12(9)14(23)22-20-6-8-3-1-7(5-18)2-4-8/h1-4,6H,(H2,19,21)(H,22,23). The van der Waals surface area contributed by atoms with E-state index in [0.29, 0.717) is 11.1 Å². The van der Waals surface area contributed by atoms with Gasteiger partial charge in [0.1, 0.15) is 5.02 Å². The number of carbonyl (C=O) groups is 1. The maximum atomic E-state index is 12.0. The van der Waals surface area contributed by atoms with Crippen molar-refractivity contribution < 1.29 is 4.79 Å². The second-order valence-corrected chi connectivity index (χ2v) is 5.34. The Bertz CT molecular complexity index is 828. The smallest absolute Gasteiger partial charge is 0.291 e. The third-order valence-electron chi connectivity index (χ3n) is 2.71. The third-order valence-corrected chi connectivity index (χ3v) is 3.84. The van der Waals surface area contributed by atoms with Gasteiger partial charge in [-0.3, -0.25) is 4.79 Å². The minimum Gasteiger partial charge on any atom is -0.396 e. The lowest BCUT2D eigenvalue weighted by Crippen LogP contribution is -2.20. The molecule has 0 atom stereocenters. The summed E-state index contributed by atoms with van der Waals surface area (Å²) in [6.45, 7) is 0. The summed E-state index contributed by atoms with van der Waals surface area (Å²) in [5.74, 6) is -0.690. The van der Waals surface area contributed by atoms with Gasteiger partial charge in [-0.2, -0.15) is 10.4 Å². The van der Waals surface area contributed by atoms with Crippen LogP contribution in [-0.2, 0) is 0 Å². The number of pyridine rings is 1. The van der Waals surface area contributed by atoms with E-state index < -0.39 is 5.91 Å². The fourth-order valence-corrected chi connectivity index (χ4v) is 2.14. The molecule has 0 spiro atoms. The first-order chi connectivity index (χ1) is 10.9. The molecule has 0 bridgehead atoms. The van der Waals surface area contributed by atoms with Crippen molar-refractivity contribution in [2.45, 2.75) is 0 Å². The Morgan fingerprint density at radius 1 is 1.26 bits per heavy atom. The van der Waals surface area contributed by atoms with E-state index in [1.807, 2.05) is 6.07 Å². The van der Waals surface area contributed by atoms with Crippen molar-refractivity contribution >= 4 is 52.6 Å². The van der Waals surface area contributed by atoms with Crippen molar-refractivity contribution in [3.05, 3.63) is 56.3 Å². The van der Waals surface area contributed by atoms with Gasteiger partial charge >= 0.3 is 0 Å². The van der Waals surface area contributed by atoms with Crippen LogP contribution in [0.15, 0.2) is 29.4 Å². The molecule has 9 heteroatoms. The summed E-state index contributed by atoms with van der Waals surface area (Å²) >= 11 is 17.5. The number of aromatic nitrogens is 1. The number of rotatable bonds is 3. The Balaban J connectivity index is 2.13. The summed E-state index contributed by atoms with van der Waals surface area (Å²) in [7, 11) is 0. The van der Waals surface area contributed by atoms with Crippen LogP contribution in [0.2, 0.25) is 15.2 Å². The monoisotopic (exact) mass is 367 g/mol. The summed E-state index contributed by atoms with van der Waals surface area (Å²) in [5.41, 5.74) is 8.88. The van der Waals surface area contributed by atoms with Gasteiger partial charge in [0.05, 0.1) is 28.6 Å². The predicted octanol–water partition coefficient (Wildman–Crippen LogP) is 3.26. The summed E-state index contributed by atoms with van der Waals surface area (Å²) in [6.07, 6.45) is 1.40. The highest BCUT2D eigenvalue weighted by Crippen LogP contribution is 2.34. The Hall–Kier alpha value is -2.33. The molecule has 1 aromatic carbocycles. The molecule has 0 fully saturated rings. The Morgan fingerprint density at radius 2 is 1.91 bits per heavy atom. The van der Waals surface area contributed by atoms with Gasteiger partial charge in [0.2, 0.25) is 0 Å². The first-order valence-electron chi connectivity index (χ1n) is 6.07. The van der Waals surface area contributed by atoms with Crippen molar-refractivity contribution in [3.8, 4) is 6.07 Å². The van der Waals surface area contributed by atoms with Crippen molar-refractivity contribution in [3.63, 3.8) is 0 Å². The molecule has 23 heavy (non-hydrogen) atoms. The fraction of sp³-hybridized carbons (Fsp3) is 0. The van der Waals surface area contributed by atoms with Crippen molar-refractivity contribution in [1.29, 1.82) is 5.26 Å². The summed E-state index contributed by atoms with van der Waals surface area (Å²) in [5, 5.41) is 12.2. The topological polar surface area (TPSA) is 104 Å². The van der Waals surface area contributed by atoms with Crippen LogP contribution < -0.4 is 11.2 Å². The van der Waals surface area contributed by atoms with Crippen LogP contribution in [0.3, 0.4) is 0 Å². The molecule has 0 aliphatic heterocycles. The van der Waals surface area contributed by atoms with Gasteiger partial charge in [-0.1, -0.05) is 46.9 Å². The van der Waals surface area contributed by atoms with Crippen LogP contribution in [0.5, 0.6) is 0 Å². The van der Waals surface area contributed by atoms with Gasteiger partial charge in [-0.25, -0.2) is 10.4 Å². The van der Waals surface area contributed by atoms with Gasteiger partial charge in [-0.05, 0) is 17.7 Å². The van der Waals surface area contributed by atoms with Crippen molar-refractivity contribution in [1.82, 2.24) is 10.4 Å². The van der Waals surface area contributed by atoms with E-state index in [1.54, 1.807) is 24.3 Å². The molecule has 2 rings (SSSR count). The van der Waals surface area contributed by atoms with Crippen molar-refractivity contribution in [2.24, 2.45) is 5.10 Å². The van der Waals surface area contributed by atoms with E-state index in [1.165, 1.54) is 6.21 Å². The number of nitrogens with one attached hydrogen (secondary N) is 1. The van der Waals surface area contributed by atoms with E-state index in [0.717, 1.165) is 0 Å². The lowest BCUT2D eigenvalue weighted by Gasteiger charge is -2.07. The molecular weight excluding hydrogens is 361 g/mol. The minimum atomic E-state index is -0.690. The number of anilines is 1. The van der Waals surface area contributed by atoms with Crippen LogP contribution in [-0.4, -0.2) is 17.1 Å². The molecule has 1 heterocycles. The van der Waals surface area contributed by atoms with Crippen LogP contribution in [0.25, 0.3) is 0 Å². The number of hydrogen-bond donors (Lipinski definition) is 2. The zero-order valence-corrected chi connectivity index (χ0v) is 13.6. The number of amides is 1. The van der Waals surface area contributed by atoms with Crippen LogP contribution >= 0.6 is 34.8 Å². The molecule has 6 nitrogen and oxygen atoms in total. The second-order valence-electron chi connectivity index (χ2n) is 4.23. The minimum absolute atomic E-state index is 0.0192. The Kier molecular flexibility index (Phi) is 5.40. The summed E-state index contributed by atoms with van der Waals surface area (Å²) in [4.78, 5) is 15.8. The van der Waals surface area contributed by atoms with E-state index in [4.69, 9.17) is 45.8 Å². The number of nitrogens with two attached hydrogens (primary N) is 1. The fourth-order valence-electron chi connectivity index (χ4n) is 1.54. The highest BCUT2D eigenvalue weighted by atomic mass is 35.5. The number of halogens is 3. The maximum absolute atomic E-state index is 12.0. The molecule has 2 aromatic rings. The zero-order chi connectivity index (χ0) is 17.0. The van der Waals surface area contributed by atoms with E-state index in [-0.39, 0.29) is 26.6 Å². The molecule has 1 amide bonds. The number of hydrazone groups is 1. The first-order valence-corrected chi connectivity index (χ1v) is 7.21. The van der Waals surface area contributed by atoms with E-state index in [2.05, 4.69) is 15.5 Å². The van der Waals surface area contributed by atoms with Gasteiger partial charge in [-0.15, -0.1) is 0 Å². The molecule has 0 aliphatic rings. The molecule has 3 N–H and O–H groups in total. The summed E-state index contributed by atoms with van der Waals surface area (Å²) < 4.78 is 0. The zero-order valence-electron chi connectivity index (χ0n) is 11.3. The molecule has 116 valence electrons. The van der Waals surface area contributed by atoms with Gasteiger partial charge in [0, 0.05) is 0 Å². The van der Waals surface area contributed by atoms with Gasteiger partial charge < -0.3 is 5.73 Å². The molecule has 0 saturated carbocycles. The number of benzene rings is 1. The summed E-state index contributed by atoms with van der Waals surface area (Å²) in [6, 6.07) is 8.61. The number of nitrogens with zero attached hydrogens (tertiary/aromatic N) is 3. The lowest BCUT2D eigenvalue weighted by atomic mass is 10.2. The number of nitrogen functional groups attached to an aromatic ring is 1. The van der Waals surface area contributed by atoms with Crippen LogP contribution in [0.1, 0.15) is 21.6 Å². The first kappa shape index (κ1) is 17.0. The van der Waals surface area contributed by atoms with Gasteiger partial charge in [0.25, 0.3) is 5.91 Å². The molecule has 0 saturated heterocycles. The van der Waals surface area contributed by atoms with Crippen molar-refractivity contribution in [2.75, 3.05) is 5.73 Å². The normalized spacial score (nSPS) is 10.5. The third kappa shape index (κ3) is 3.90. The largest absolute Gasteiger partial charge is 0.396 e. The number of carbonyl (C=O) groups excluding carboxylic acids is 1. The Morgan fingerprint density at radius 3 is 2.52 bits per heavy atom. The lowest BCUT2D eigenvalue weighted by molar-refractivity contribution is 0.0950. The second kappa shape index (κ2) is 7.29. The maximum Gasteiger partial charge on any atom is 0.291 e. The average Bonchev–Trinajstić information content (AvgIpc) is 2.56. The van der Waals surface area contributed by atoms with Crippen LogP contribution in [0.4, 0.5) is 5.69 Å². The number of nitriles is 1. The highest BCUT2D eigenvalue weighted by Gasteiger charge is 2.19. The predicted molar refractivity (Wildman–Crippen MR) is 89.9 cm³/mol. The SMILES string of the molecule is N#Cc1ccc(C=NNC(=O)c2nc(Cl)c(Cl)c(N)c2Cl)cc1.